The zero-order chi connectivity index (χ0) is 15.1. The molecule has 2 rings (SSSR count). The van der Waals surface area contributed by atoms with E-state index in [1.54, 1.807) is 0 Å². The van der Waals surface area contributed by atoms with E-state index < -0.39 is 0 Å². The van der Waals surface area contributed by atoms with E-state index in [2.05, 4.69) is 36.5 Å². The molecule has 0 radical (unpaired) electrons. The van der Waals surface area contributed by atoms with Crippen LogP contribution in [-0.2, 0) is 0 Å². The summed E-state index contributed by atoms with van der Waals surface area (Å²) in [6, 6.07) is 16.4. The fourth-order valence-electron chi connectivity index (χ4n) is 2.00. The van der Waals surface area contributed by atoms with Gasteiger partial charge in [0, 0.05) is 26.7 Å². The molecule has 0 aliphatic rings. The summed E-state index contributed by atoms with van der Waals surface area (Å²) in [4.78, 5) is 1.23. The van der Waals surface area contributed by atoms with Gasteiger partial charge in [0.15, 0.2) is 0 Å². The molecule has 2 aromatic carbocycles. The predicted molar refractivity (Wildman–Crippen MR) is 94.7 cm³/mol. The van der Waals surface area contributed by atoms with Crippen molar-refractivity contribution in [2.75, 3.05) is 12.3 Å². The number of hydrogen-bond donors (Lipinski definition) is 1. The van der Waals surface area contributed by atoms with E-state index in [4.69, 9.17) is 23.2 Å². The lowest BCUT2D eigenvalue weighted by Gasteiger charge is -2.19. The molecule has 1 N–H and O–H groups in total. The maximum absolute atomic E-state index is 5.97. The lowest BCUT2D eigenvalue weighted by Crippen LogP contribution is -2.24. The van der Waals surface area contributed by atoms with Crippen LogP contribution in [0.2, 0.25) is 10.0 Å². The molecule has 0 heterocycles. The van der Waals surface area contributed by atoms with Gasteiger partial charge in [0.2, 0.25) is 0 Å². The molecule has 0 saturated heterocycles. The molecule has 0 aliphatic heterocycles. The van der Waals surface area contributed by atoms with Gasteiger partial charge in [-0.1, -0.05) is 42.3 Å². The molecule has 0 saturated carbocycles. The third kappa shape index (κ3) is 5.55. The van der Waals surface area contributed by atoms with Crippen LogP contribution in [0.25, 0.3) is 0 Å². The second-order valence-corrected chi connectivity index (χ2v) is 6.79. The van der Waals surface area contributed by atoms with E-state index in [-0.39, 0.29) is 0 Å². The fourth-order valence-corrected chi connectivity index (χ4v) is 3.25. The van der Waals surface area contributed by atoms with Crippen molar-refractivity contribution in [1.82, 2.24) is 5.32 Å². The first-order valence-electron chi connectivity index (χ1n) is 7.06. The molecule has 0 aromatic heterocycles. The zero-order valence-electron chi connectivity index (χ0n) is 12.0. The molecule has 0 amide bonds. The number of rotatable bonds is 7. The van der Waals surface area contributed by atoms with Gasteiger partial charge in [-0.15, -0.1) is 11.8 Å². The molecule has 2 aromatic rings. The van der Waals surface area contributed by atoms with Crippen LogP contribution in [0.5, 0.6) is 0 Å². The molecule has 4 heteroatoms. The third-order valence-electron chi connectivity index (χ3n) is 3.14. The largest absolute Gasteiger partial charge is 0.309 e. The highest BCUT2D eigenvalue weighted by atomic mass is 35.5. The topological polar surface area (TPSA) is 12.0 Å². The summed E-state index contributed by atoms with van der Waals surface area (Å²) in [5.74, 6) is 0.975. The van der Waals surface area contributed by atoms with Crippen molar-refractivity contribution in [3.63, 3.8) is 0 Å². The average molecular weight is 340 g/mol. The Morgan fingerprint density at radius 1 is 0.952 bits per heavy atom. The summed E-state index contributed by atoms with van der Waals surface area (Å²) in [7, 11) is 0. The van der Waals surface area contributed by atoms with Crippen LogP contribution in [0, 0.1) is 0 Å². The summed E-state index contributed by atoms with van der Waals surface area (Å²) in [6.07, 6.45) is 1.12. The van der Waals surface area contributed by atoms with Gasteiger partial charge in [-0.05, 0) is 54.9 Å². The lowest BCUT2D eigenvalue weighted by atomic mass is 10.1. The van der Waals surface area contributed by atoms with E-state index in [1.165, 1.54) is 10.5 Å². The summed E-state index contributed by atoms with van der Waals surface area (Å²) in [5.41, 5.74) is 1.27. The number of hydrogen-bond acceptors (Lipinski definition) is 2. The Bertz CT molecular complexity index is 540. The van der Waals surface area contributed by atoms with Gasteiger partial charge in [-0.25, -0.2) is 0 Å². The Kier molecular flexibility index (Phi) is 6.91. The lowest BCUT2D eigenvalue weighted by molar-refractivity contribution is 0.577. The maximum Gasteiger partial charge on any atom is 0.0415 e. The summed E-state index contributed by atoms with van der Waals surface area (Å²) < 4.78 is 0. The monoisotopic (exact) mass is 339 g/mol. The minimum Gasteiger partial charge on any atom is -0.309 e. The van der Waals surface area contributed by atoms with Crippen LogP contribution in [0.4, 0.5) is 0 Å². The van der Waals surface area contributed by atoms with Crippen molar-refractivity contribution < 1.29 is 0 Å². The molecule has 112 valence electrons. The van der Waals surface area contributed by atoms with E-state index in [0.29, 0.717) is 6.04 Å². The van der Waals surface area contributed by atoms with Gasteiger partial charge in [-0.2, -0.15) is 0 Å². The van der Waals surface area contributed by atoms with E-state index in [1.807, 2.05) is 36.0 Å². The quantitative estimate of drug-likeness (QED) is 0.637. The highest BCUT2D eigenvalue weighted by molar-refractivity contribution is 7.99. The fraction of sp³-hybridized carbons (Fsp3) is 0.294. The third-order valence-corrected chi connectivity index (χ3v) is 4.75. The van der Waals surface area contributed by atoms with Crippen molar-refractivity contribution >= 4 is 35.0 Å². The van der Waals surface area contributed by atoms with Gasteiger partial charge in [0.1, 0.15) is 0 Å². The first-order valence-corrected chi connectivity index (χ1v) is 8.80. The zero-order valence-corrected chi connectivity index (χ0v) is 14.3. The normalized spacial score (nSPS) is 12.3. The van der Waals surface area contributed by atoms with Crippen molar-refractivity contribution in [3.8, 4) is 0 Å². The average Bonchev–Trinajstić information content (AvgIpc) is 2.50. The molecule has 21 heavy (non-hydrogen) atoms. The van der Waals surface area contributed by atoms with Crippen LogP contribution >= 0.6 is 35.0 Å². The Hall–Kier alpha value is -0.670. The van der Waals surface area contributed by atoms with Crippen LogP contribution in [0.3, 0.4) is 0 Å². The minimum absolute atomic E-state index is 0.322. The van der Waals surface area contributed by atoms with Gasteiger partial charge < -0.3 is 5.32 Å². The smallest absolute Gasteiger partial charge is 0.0415 e. The minimum atomic E-state index is 0.322. The highest BCUT2D eigenvalue weighted by Gasteiger charge is 2.11. The second kappa shape index (κ2) is 8.70. The number of thioether (sulfide) groups is 1. The molecule has 0 aliphatic carbocycles. The summed E-state index contributed by atoms with van der Waals surface area (Å²) in [5, 5.41) is 5.15. The Balaban J connectivity index is 2.02. The molecular weight excluding hydrogens is 321 g/mol. The van der Waals surface area contributed by atoms with E-state index >= 15 is 0 Å². The molecule has 0 fully saturated rings. The van der Waals surface area contributed by atoms with Crippen molar-refractivity contribution in [3.05, 3.63) is 64.1 Å². The Morgan fingerprint density at radius 3 is 2.10 bits per heavy atom. The van der Waals surface area contributed by atoms with Gasteiger partial charge in [-0.3, -0.25) is 0 Å². The van der Waals surface area contributed by atoms with Crippen molar-refractivity contribution in [2.24, 2.45) is 0 Å². The molecular formula is C17H19Cl2NS. The van der Waals surface area contributed by atoms with Crippen LogP contribution in [0.15, 0.2) is 53.4 Å². The number of halogens is 2. The van der Waals surface area contributed by atoms with Crippen molar-refractivity contribution in [2.45, 2.75) is 24.3 Å². The molecule has 1 nitrogen and oxygen atoms in total. The molecule has 1 atom stereocenters. The summed E-state index contributed by atoms with van der Waals surface area (Å²) in [6.45, 7) is 3.19. The molecule has 0 bridgehead atoms. The molecule has 1 unspecified atom stereocenters. The Morgan fingerprint density at radius 2 is 1.52 bits per heavy atom. The van der Waals surface area contributed by atoms with Gasteiger partial charge in [0.05, 0.1) is 0 Å². The van der Waals surface area contributed by atoms with Gasteiger partial charge >= 0.3 is 0 Å². The van der Waals surface area contributed by atoms with Crippen LogP contribution in [0.1, 0.15) is 24.9 Å². The Labute approximate surface area is 141 Å². The van der Waals surface area contributed by atoms with E-state index in [0.717, 1.165) is 28.8 Å². The predicted octanol–water partition coefficient (Wildman–Crippen LogP) is 5.83. The number of benzene rings is 2. The van der Waals surface area contributed by atoms with Crippen LogP contribution < -0.4 is 5.32 Å². The van der Waals surface area contributed by atoms with E-state index in [9.17, 15) is 0 Å². The first-order chi connectivity index (χ1) is 10.2. The summed E-state index contributed by atoms with van der Waals surface area (Å²) >= 11 is 13.7. The van der Waals surface area contributed by atoms with Crippen molar-refractivity contribution in [1.29, 1.82) is 0 Å². The SMILES string of the molecule is CCCNC(CSc1ccc(Cl)cc1)c1ccc(Cl)cc1. The van der Waals surface area contributed by atoms with Gasteiger partial charge in [0.25, 0.3) is 0 Å². The standard InChI is InChI=1S/C17H19Cl2NS/c1-2-11-20-17(13-3-5-14(18)6-4-13)12-21-16-9-7-15(19)8-10-16/h3-10,17,20H,2,11-12H2,1H3. The number of nitrogens with one attached hydrogen (secondary N) is 1. The second-order valence-electron chi connectivity index (χ2n) is 4.82. The maximum atomic E-state index is 5.97. The van der Waals surface area contributed by atoms with Crippen LogP contribution in [-0.4, -0.2) is 12.3 Å². The highest BCUT2D eigenvalue weighted by Crippen LogP contribution is 2.26. The first kappa shape index (κ1) is 16.7. The molecule has 0 spiro atoms.